The van der Waals surface area contributed by atoms with Gasteiger partial charge in [0.2, 0.25) is 7.37 Å². The van der Waals surface area contributed by atoms with E-state index >= 15 is 0 Å². The van der Waals surface area contributed by atoms with Crippen LogP contribution in [0.15, 0.2) is 30.3 Å². The van der Waals surface area contributed by atoms with Crippen molar-refractivity contribution in [1.82, 2.24) is 0 Å². The predicted octanol–water partition coefficient (Wildman–Crippen LogP) is 3.41. The lowest BCUT2D eigenvalue weighted by molar-refractivity contribution is -0.136. The van der Waals surface area contributed by atoms with Crippen molar-refractivity contribution < 1.29 is 19.0 Å². The van der Waals surface area contributed by atoms with Gasteiger partial charge in [-0.2, -0.15) is 0 Å². The van der Waals surface area contributed by atoms with E-state index in [0.29, 0.717) is 12.6 Å². The number of hydrogen-bond acceptors (Lipinski definition) is 3. The van der Waals surface area contributed by atoms with Gasteiger partial charge in [0.05, 0.1) is 6.61 Å². The first kappa shape index (κ1) is 15.9. The summed E-state index contributed by atoms with van der Waals surface area (Å²) in [6.45, 7) is 3.47. The number of carbonyl (C=O) groups is 1. The predicted molar refractivity (Wildman–Crippen MR) is 76.0 cm³/mol. The zero-order chi connectivity index (χ0) is 14.3. The number of benzene rings is 1. The van der Waals surface area contributed by atoms with Gasteiger partial charge >= 0.3 is 5.97 Å². The first-order chi connectivity index (χ1) is 8.99. The maximum atomic E-state index is 12.5. The van der Waals surface area contributed by atoms with Crippen LogP contribution in [0.4, 0.5) is 0 Å². The molecule has 19 heavy (non-hydrogen) atoms. The van der Waals surface area contributed by atoms with Gasteiger partial charge in [-0.15, -0.1) is 0 Å². The molecule has 5 heteroatoms. The molecule has 0 spiro atoms. The second-order valence-electron chi connectivity index (χ2n) is 4.47. The molecule has 1 rings (SSSR count). The fourth-order valence-electron chi connectivity index (χ4n) is 1.91. The molecule has 0 amide bonds. The molecule has 0 aliphatic heterocycles. The van der Waals surface area contributed by atoms with Gasteiger partial charge in [0, 0.05) is 6.16 Å². The first-order valence-corrected chi connectivity index (χ1v) is 8.37. The van der Waals surface area contributed by atoms with Crippen LogP contribution in [0.3, 0.4) is 0 Å². The largest absolute Gasteiger partial charge is 0.481 e. The van der Waals surface area contributed by atoms with Crippen molar-refractivity contribution in [3.8, 4) is 0 Å². The van der Waals surface area contributed by atoms with E-state index in [1.165, 1.54) is 6.92 Å². The summed E-state index contributed by atoms with van der Waals surface area (Å²) in [5.74, 6) is -1.06. The molecule has 1 N–H and O–H groups in total. The van der Waals surface area contributed by atoms with E-state index in [-0.39, 0.29) is 6.61 Å². The van der Waals surface area contributed by atoms with Crippen molar-refractivity contribution in [1.29, 1.82) is 0 Å². The summed E-state index contributed by atoms with van der Waals surface area (Å²) < 4.78 is 17.8. The van der Waals surface area contributed by atoms with Crippen LogP contribution in [0.5, 0.6) is 0 Å². The Morgan fingerprint density at radius 3 is 2.53 bits per heavy atom. The Hall–Kier alpha value is -1.12. The van der Waals surface area contributed by atoms with Crippen LogP contribution in [0.2, 0.25) is 0 Å². The maximum Gasteiger partial charge on any atom is 0.316 e. The molecule has 0 heterocycles. The minimum atomic E-state index is -3.10. The summed E-state index contributed by atoms with van der Waals surface area (Å²) in [6, 6.07) is 9.87. The van der Waals surface area contributed by atoms with Crippen LogP contribution < -0.4 is 0 Å². The van der Waals surface area contributed by atoms with Crippen molar-refractivity contribution in [2.24, 2.45) is 0 Å². The Bertz CT molecular complexity index is 444. The summed E-state index contributed by atoms with van der Waals surface area (Å²) in [5.41, 5.74) is 0.219. The second kappa shape index (κ2) is 7.46. The summed E-state index contributed by atoms with van der Waals surface area (Å²) in [7, 11) is -3.10. The quantitative estimate of drug-likeness (QED) is 0.743. The first-order valence-electron chi connectivity index (χ1n) is 6.49. The summed E-state index contributed by atoms with van der Waals surface area (Å²) in [4.78, 5) is 11.0. The normalized spacial score (nSPS) is 15.7. The van der Waals surface area contributed by atoms with Crippen LogP contribution in [-0.4, -0.2) is 29.5 Å². The Morgan fingerprint density at radius 2 is 2.00 bits per heavy atom. The van der Waals surface area contributed by atoms with Crippen LogP contribution in [0.1, 0.15) is 25.8 Å². The fourth-order valence-corrected chi connectivity index (χ4v) is 4.02. The van der Waals surface area contributed by atoms with E-state index < -0.39 is 19.0 Å². The van der Waals surface area contributed by atoms with Crippen molar-refractivity contribution in [2.75, 3.05) is 12.8 Å². The molecule has 106 valence electrons. The highest BCUT2D eigenvalue weighted by Gasteiger charge is 2.35. The van der Waals surface area contributed by atoms with E-state index in [9.17, 15) is 9.36 Å². The topological polar surface area (TPSA) is 63.6 Å². The van der Waals surface area contributed by atoms with E-state index in [2.05, 4.69) is 0 Å². The van der Waals surface area contributed by atoms with E-state index in [0.717, 1.165) is 12.0 Å². The molecular weight excluding hydrogens is 263 g/mol. The maximum absolute atomic E-state index is 12.5. The molecule has 4 nitrogen and oxygen atoms in total. The Balaban J connectivity index is 2.59. The number of aryl methyl sites for hydroxylation is 1. The third-order valence-corrected chi connectivity index (χ3v) is 6.11. The number of hydrogen-bond donors (Lipinski definition) is 1. The second-order valence-corrected chi connectivity index (χ2v) is 7.40. The average molecular weight is 284 g/mol. The Labute approximate surface area is 114 Å². The zero-order valence-corrected chi connectivity index (χ0v) is 12.3. The summed E-state index contributed by atoms with van der Waals surface area (Å²) in [6.07, 6.45) is 1.76. The molecule has 1 aromatic carbocycles. The number of aliphatic carboxylic acids is 1. The van der Waals surface area contributed by atoms with Crippen LogP contribution in [-0.2, 0) is 20.3 Å². The van der Waals surface area contributed by atoms with Gasteiger partial charge in [0.25, 0.3) is 0 Å². The van der Waals surface area contributed by atoms with E-state index in [4.69, 9.17) is 9.63 Å². The fraction of sp³-hybridized carbons (Fsp3) is 0.500. The molecule has 0 saturated carbocycles. The smallest absolute Gasteiger partial charge is 0.316 e. The molecule has 0 saturated heterocycles. The van der Waals surface area contributed by atoms with Crippen LogP contribution in [0.25, 0.3) is 0 Å². The SMILES string of the molecule is CCOP(=O)(CCCc1ccccc1)C(C)C(=O)O. The van der Waals surface area contributed by atoms with Crippen molar-refractivity contribution in [2.45, 2.75) is 32.3 Å². The molecule has 0 fully saturated rings. The zero-order valence-electron chi connectivity index (χ0n) is 11.4. The third-order valence-electron chi connectivity index (χ3n) is 3.07. The highest BCUT2D eigenvalue weighted by Crippen LogP contribution is 2.52. The molecule has 2 atom stereocenters. The van der Waals surface area contributed by atoms with Gasteiger partial charge in [-0.05, 0) is 32.3 Å². The molecule has 0 aliphatic rings. The van der Waals surface area contributed by atoms with Crippen LogP contribution >= 0.6 is 7.37 Å². The molecule has 2 unspecified atom stereocenters. The average Bonchev–Trinajstić information content (AvgIpc) is 2.39. The lowest BCUT2D eigenvalue weighted by Crippen LogP contribution is -2.20. The molecule has 1 aromatic rings. The molecule has 0 aromatic heterocycles. The summed E-state index contributed by atoms with van der Waals surface area (Å²) in [5, 5.41) is 9.01. The van der Waals surface area contributed by atoms with Crippen LogP contribution in [0, 0.1) is 0 Å². The molecule has 0 aliphatic carbocycles. The lowest BCUT2D eigenvalue weighted by Gasteiger charge is -2.21. The highest BCUT2D eigenvalue weighted by atomic mass is 31.2. The number of carboxylic acid groups (broad SMARTS) is 1. The molecule has 0 bridgehead atoms. The van der Waals surface area contributed by atoms with Gasteiger partial charge in [-0.25, -0.2) is 0 Å². The monoisotopic (exact) mass is 284 g/mol. The van der Waals surface area contributed by atoms with Gasteiger partial charge in [-0.1, -0.05) is 30.3 Å². The van der Waals surface area contributed by atoms with Gasteiger partial charge < -0.3 is 9.63 Å². The van der Waals surface area contributed by atoms with Gasteiger partial charge in [0.15, 0.2) is 0 Å². The third kappa shape index (κ3) is 4.81. The van der Waals surface area contributed by atoms with Crippen molar-refractivity contribution in [3.63, 3.8) is 0 Å². The standard InChI is InChI=1S/C14H21O4P/c1-3-18-19(17,12(2)14(15)16)11-7-10-13-8-5-4-6-9-13/h4-6,8-9,12H,3,7,10-11H2,1-2H3,(H,15,16). The Morgan fingerprint density at radius 1 is 1.37 bits per heavy atom. The van der Waals surface area contributed by atoms with E-state index in [1.807, 2.05) is 30.3 Å². The highest BCUT2D eigenvalue weighted by molar-refractivity contribution is 7.60. The van der Waals surface area contributed by atoms with Gasteiger partial charge in [0.1, 0.15) is 5.66 Å². The minimum Gasteiger partial charge on any atom is -0.481 e. The van der Waals surface area contributed by atoms with Crippen molar-refractivity contribution in [3.05, 3.63) is 35.9 Å². The molecular formula is C14H21O4P. The van der Waals surface area contributed by atoms with Crippen molar-refractivity contribution >= 4 is 13.3 Å². The number of carboxylic acids is 1. The minimum absolute atomic E-state index is 0.278. The van der Waals surface area contributed by atoms with Gasteiger partial charge in [-0.3, -0.25) is 9.36 Å². The molecule has 0 radical (unpaired) electrons. The van der Waals surface area contributed by atoms with E-state index in [1.54, 1.807) is 6.92 Å². The summed E-state index contributed by atoms with van der Waals surface area (Å²) >= 11 is 0. The number of rotatable bonds is 8. The lowest BCUT2D eigenvalue weighted by atomic mass is 10.1. The Kier molecular flexibility index (Phi) is 6.26.